The summed E-state index contributed by atoms with van der Waals surface area (Å²) in [4.78, 5) is 21.3. The first-order valence-electron chi connectivity index (χ1n) is 19.9. The maximum absolute atomic E-state index is 17.4. The predicted molar refractivity (Wildman–Crippen MR) is 221 cm³/mol. The van der Waals surface area contributed by atoms with Gasteiger partial charge in [0.2, 0.25) is 0 Å². The summed E-state index contributed by atoms with van der Waals surface area (Å²) in [6.45, 7) is 16.3. The zero-order valence-corrected chi connectivity index (χ0v) is 32.5. The van der Waals surface area contributed by atoms with Crippen molar-refractivity contribution >= 4 is 46.1 Å². The zero-order chi connectivity index (χ0) is 37.8. The number of aryl methyl sites for hydroxylation is 1. The molecule has 0 radical (unpaired) electrons. The van der Waals surface area contributed by atoms with E-state index in [2.05, 4.69) is 33.0 Å². The Labute approximate surface area is 324 Å². The maximum atomic E-state index is 17.4. The van der Waals surface area contributed by atoms with Crippen LogP contribution in [0, 0.1) is 5.82 Å². The number of allylic oxidation sites excluding steroid dienone is 5. The van der Waals surface area contributed by atoms with E-state index in [9.17, 15) is 0 Å². The second-order valence-electron chi connectivity index (χ2n) is 15.3. The van der Waals surface area contributed by atoms with Gasteiger partial charge in [0.15, 0.2) is 5.83 Å². The molecule has 2 aromatic carbocycles. The van der Waals surface area contributed by atoms with Gasteiger partial charge in [-0.2, -0.15) is 0 Å². The third kappa shape index (κ3) is 7.46. The molecule has 0 bridgehead atoms. The molecule has 4 heterocycles. The van der Waals surface area contributed by atoms with Crippen molar-refractivity contribution in [2.45, 2.75) is 83.1 Å². The molecule has 54 heavy (non-hydrogen) atoms. The molecule has 0 spiro atoms. The summed E-state index contributed by atoms with van der Waals surface area (Å²) in [7, 11) is 0. The monoisotopic (exact) mass is 753 g/mol. The van der Waals surface area contributed by atoms with Crippen molar-refractivity contribution < 1.29 is 8.78 Å². The van der Waals surface area contributed by atoms with Gasteiger partial charge in [-0.3, -0.25) is 14.9 Å². The molecule has 1 aliphatic carbocycles. The molecule has 0 saturated carbocycles. The van der Waals surface area contributed by atoms with Crippen molar-refractivity contribution in [2.75, 3.05) is 52.4 Å². The first-order valence-corrected chi connectivity index (χ1v) is 20.3. The number of piperidine rings is 1. The Hall–Kier alpha value is -4.08. The largest absolute Gasteiger partial charge is 0.396 e. The van der Waals surface area contributed by atoms with Crippen LogP contribution in [-0.2, 0) is 6.42 Å². The van der Waals surface area contributed by atoms with Crippen LogP contribution in [0.2, 0.25) is 0 Å². The quantitative estimate of drug-likeness (QED) is 0.141. The topological polar surface area (TPSA) is 72.8 Å². The number of nitrogens with two attached hydrogens (primary N) is 1. The third-order valence-electron chi connectivity index (χ3n) is 12.2. The second kappa shape index (κ2) is 16.7. The molecule has 3 saturated heterocycles. The van der Waals surface area contributed by atoms with E-state index in [-0.39, 0.29) is 17.1 Å². The van der Waals surface area contributed by atoms with Gasteiger partial charge in [0.1, 0.15) is 17.3 Å². The standard InChI is InChI=1S/C44H54ClF2N7/c1-4-32-36(46)18-15-31-13-8-14-33(38(31)32)34-16-17-35(42(40(34)47)51-22-9-19-44-20-10-27-54(44)28-11-21-44)43(49-3)53-26-12-23-50-37(29-53)39(45)41(48)30(2)52-24-6-5-7-25-52/h8,13-18H,2-7,9-12,19-29,48H2,1H3/b41-39?,43-35+,51-42?. The molecular formula is C44H54ClF2N7. The number of rotatable bonds is 11. The smallest absolute Gasteiger partial charge is 0.156 e. The summed E-state index contributed by atoms with van der Waals surface area (Å²) >= 11 is 7.01. The van der Waals surface area contributed by atoms with E-state index < -0.39 is 5.83 Å². The lowest BCUT2D eigenvalue weighted by atomic mass is 9.88. The highest BCUT2D eigenvalue weighted by Gasteiger charge is 2.43. The first kappa shape index (κ1) is 38.2. The summed E-state index contributed by atoms with van der Waals surface area (Å²) < 4.78 is 32.5. The third-order valence-corrected chi connectivity index (χ3v) is 12.6. The van der Waals surface area contributed by atoms with Crippen LogP contribution in [0.4, 0.5) is 8.78 Å². The number of nitrogens with zero attached hydrogens (tertiary/aromatic N) is 6. The van der Waals surface area contributed by atoms with Crippen LogP contribution in [0.1, 0.15) is 82.3 Å². The van der Waals surface area contributed by atoms with Crippen LogP contribution in [-0.4, -0.2) is 90.7 Å². The Balaban J connectivity index is 1.25. The van der Waals surface area contributed by atoms with Crippen molar-refractivity contribution in [1.29, 1.82) is 0 Å². The van der Waals surface area contributed by atoms with Crippen LogP contribution in [0.15, 0.2) is 97.7 Å². The Bertz CT molecular complexity index is 1970. The van der Waals surface area contributed by atoms with Gasteiger partial charge in [0.05, 0.1) is 28.7 Å². The van der Waals surface area contributed by atoms with Crippen molar-refractivity contribution in [3.8, 4) is 0 Å². The highest BCUT2D eigenvalue weighted by atomic mass is 35.5. The van der Waals surface area contributed by atoms with E-state index in [1.807, 2.05) is 31.2 Å². The van der Waals surface area contributed by atoms with Crippen molar-refractivity contribution in [1.82, 2.24) is 14.7 Å². The summed E-state index contributed by atoms with van der Waals surface area (Å²) in [5.41, 5.74) is 11.1. The molecule has 7 nitrogen and oxygen atoms in total. The number of hydrogen-bond donors (Lipinski definition) is 1. The van der Waals surface area contributed by atoms with E-state index in [4.69, 9.17) is 27.3 Å². The fourth-order valence-corrected chi connectivity index (χ4v) is 9.64. The van der Waals surface area contributed by atoms with Crippen LogP contribution in [0.5, 0.6) is 0 Å². The van der Waals surface area contributed by atoms with E-state index in [1.165, 1.54) is 51.3 Å². The van der Waals surface area contributed by atoms with E-state index >= 15 is 8.78 Å². The van der Waals surface area contributed by atoms with Gasteiger partial charge in [-0.1, -0.05) is 55.4 Å². The van der Waals surface area contributed by atoms with E-state index in [0.717, 1.165) is 61.7 Å². The lowest BCUT2D eigenvalue weighted by molar-refractivity contribution is 0.180. The summed E-state index contributed by atoms with van der Waals surface area (Å²) in [5, 5.41) is 1.98. The Morgan fingerprint density at radius 1 is 0.963 bits per heavy atom. The van der Waals surface area contributed by atoms with Gasteiger partial charge >= 0.3 is 0 Å². The van der Waals surface area contributed by atoms with Gasteiger partial charge < -0.3 is 15.5 Å². The normalized spacial score (nSPS) is 22.7. The fraction of sp³-hybridized carbons (Fsp3) is 0.477. The molecule has 286 valence electrons. The number of benzene rings is 2. The SMILES string of the molecule is C=N/C(=C1/C=CC(c2cccc3ccc(F)c(CC)c23)=C(F)C1=NCCCC12CCCN1CCC2)N1CCCN=C(C(Cl)=C(N)C(=C)N2CCCCC2)C1. The summed E-state index contributed by atoms with van der Waals surface area (Å²) in [5.74, 6) is -0.219. The lowest BCUT2D eigenvalue weighted by Gasteiger charge is -2.32. The van der Waals surface area contributed by atoms with Crippen LogP contribution in [0.25, 0.3) is 16.3 Å². The summed E-state index contributed by atoms with van der Waals surface area (Å²) in [6, 6.07) is 8.98. The second-order valence-corrected chi connectivity index (χ2v) is 15.7. The van der Waals surface area contributed by atoms with Gasteiger partial charge in [-0.05, 0) is 124 Å². The Kier molecular flexibility index (Phi) is 11.8. The highest BCUT2D eigenvalue weighted by molar-refractivity contribution is 6.44. The number of fused-ring (bicyclic) bond motifs is 2. The molecule has 0 unspecified atom stereocenters. The van der Waals surface area contributed by atoms with E-state index in [1.54, 1.807) is 12.1 Å². The number of halogens is 3. The average molecular weight is 754 g/mol. The molecule has 7 rings (SSSR count). The molecule has 3 fully saturated rings. The minimum absolute atomic E-state index is 0.246. The predicted octanol–water partition coefficient (Wildman–Crippen LogP) is 9.11. The van der Waals surface area contributed by atoms with Gasteiger partial charge in [-0.15, -0.1) is 0 Å². The molecular weight excluding hydrogens is 700 g/mol. The highest BCUT2D eigenvalue weighted by Crippen LogP contribution is 2.42. The molecule has 0 aromatic heterocycles. The van der Waals surface area contributed by atoms with Crippen LogP contribution in [0.3, 0.4) is 0 Å². The zero-order valence-electron chi connectivity index (χ0n) is 31.8. The van der Waals surface area contributed by atoms with Crippen LogP contribution < -0.4 is 5.73 Å². The molecule has 4 aliphatic heterocycles. The molecule has 10 heteroatoms. The fourth-order valence-electron chi connectivity index (χ4n) is 9.42. The molecule has 0 atom stereocenters. The van der Waals surface area contributed by atoms with Gasteiger partial charge in [0.25, 0.3) is 0 Å². The number of aliphatic imine (C=N–C) groups is 3. The molecule has 5 aliphatic rings. The van der Waals surface area contributed by atoms with Crippen molar-refractivity contribution in [2.24, 2.45) is 20.7 Å². The first-order chi connectivity index (χ1) is 26.3. The lowest BCUT2D eigenvalue weighted by Crippen LogP contribution is -2.38. The van der Waals surface area contributed by atoms with Crippen LogP contribution >= 0.6 is 11.6 Å². The number of hydrogen-bond acceptors (Lipinski definition) is 7. The Morgan fingerprint density at radius 2 is 1.72 bits per heavy atom. The van der Waals surface area contributed by atoms with Gasteiger partial charge in [-0.25, -0.2) is 13.8 Å². The number of likely N-dealkylation sites (tertiary alicyclic amines) is 1. The van der Waals surface area contributed by atoms with Crippen molar-refractivity contribution in [3.05, 3.63) is 99.7 Å². The van der Waals surface area contributed by atoms with Gasteiger partial charge in [0, 0.05) is 49.4 Å². The van der Waals surface area contributed by atoms with E-state index in [0.29, 0.717) is 77.1 Å². The minimum Gasteiger partial charge on any atom is -0.396 e. The average Bonchev–Trinajstić information content (AvgIpc) is 3.69. The maximum Gasteiger partial charge on any atom is 0.156 e. The molecule has 2 aromatic rings. The Morgan fingerprint density at radius 3 is 2.46 bits per heavy atom. The molecule has 2 N–H and O–H groups in total. The molecule has 0 amide bonds. The van der Waals surface area contributed by atoms with Crippen molar-refractivity contribution in [3.63, 3.8) is 0 Å². The minimum atomic E-state index is -0.447. The summed E-state index contributed by atoms with van der Waals surface area (Å²) in [6.07, 6.45) is 15.1.